The molecule has 15 aromatic heterocycles. The Morgan fingerprint density at radius 2 is 0.693 bits per heavy atom. The van der Waals surface area contributed by atoms with E-state index in [1.54, 1.807) is 31.9 Å². The van der Waals surface area contributed by atoms with E-state index in [1.165, 1.54) is 44.8 Å². The van der Waals surface area contributed by atoms with Crippen molar-refractivity contribution < 1.29 is 9.18 Å². The molecular weight excluding hydrogens is 1960 g/mol. The van der Waals surface area contributed by atoms with Gasteiger partial charge in [-0.1, -0.05) is 162 Å². The highest BCUT2D eigenvalue weighted by Crippen LogP contribution is 2.42. The van der Waals surface area contributed by atoms with Crippen molar-refractivity contribution in [2.45, 2.75) is 137 Å². The van der Waals surface area contributed by atoms with E-state index in [0.29, 0.717) is 88.1 Å². The van der Waals surface area contributed by atoms with Crippen molar-refractivity contribution in [1.29, 1.82) is 0 Å². The highest BCUT2D eigenvalue weighted by Gasteiger charge is 2.34. The van der Waals surface area contributed by atoms with E-state index in [1.807, 2.05) is 265 Å². The van der Waals surface area contributed by atoms with Crippen molar-refractivity contribution in [2.24, 2.45) is 0 Å². The second-order valence-electron chi connectivity index (χ2n) is 37.4. The largest absolute Gasteiger partial charge is 0.361 e. The summed E-state index contributed by atoms with van der Waals surface area (Å²) in [6, 6.07) is 68.3. The van der Waals surface area contributed by atoms with Crippen molar-refractivity contribution >= 4 is 179 Å². The predicted octanol–water partition coefficient (Wildman–Crippen LogP) is 23.2. The third-order valence-corrected chi connectivity index (χ3v) is 28.2. The minimum atomic E-state index is -0.448. The summed E-state index contributed by atoms with van der Waals surface area (Å²) < 4.78 is 23.3. The molecule has 0 aliphatic heterocycles. The number of pyridine rings is 5. The van der Waals surface area contributed by atoms with E-state index < -0.39 is 5.82 Å². The molecule has 750 valence electrons. The lowest BCUT2D eigenvalue weighted by molar-refractivity contribution is 0.101. The van der Waals surface area contributed by atoms with Crippen LogP contribution in [0.25, 0.3) is 126 Å². The molecule has 0 amide bonds. The molecule has 10 N–H and O–H groups in total. The van der Waals surface area contributed by atoms with Gasteiger partial charge < -0.3 is 50.7 Å². The number of anilines is 5. The number of ketones is 1. The maximum Gasteiger partial charge on any atom is 0.264 e. The molecule has 150 heavy (non-hydrogen) atoms. The molecule has 8 aromatic carbocycles. The molecule has 25 rings (SSSR count). The molecule has 0 spiro atoms. The molecule has 37 heteroatoms. The average molecular weight is 2060 g/mol. The molecule has 2 saturated carbocycles. The molecule has 0 bridgehead atoms. The van der Waals surface area contributed by atoms with Crippen LogP contribution in [0.1, 0.15) is 171 Å². The number of para-hydroxylation sites is 3. The van der Waals surface area contributed by atoms with E-state index in [0.717, 1.165) is 159 Å². The average Bonchev–Trinajstić information content (AvgIpc) is 1.71. The number of hydrogen-bond donors (Lipinski definition) is 10. The predicted molar refractivity (Wildman–Crippen MR) is 591 cm³/mol. The lowest BCUT2D eigenvalue weighted by atomic mass is 10.0. The van der Waals surface area contributed by atoms with Crippen LogP contribution in [-0.4, -0.2) is 114 Å². The summed E-state index contributed by atoms with van der Waals surface area (Å²) >= 11 is 19.2. The number of rotatable bonds is 21. The summed E-state index contributed by atoms with van der Waals surface area (Å²) in [5, 5.41) is 43.2. The normalized spacial score (nSPS) is 13.4. The first-order valence-electron chi connectivity index (χ1n) is 48.9. The van der Waals surface area contributed by atoms with Gasteiger partial charge in [0.25, 0.3) is 27.8 Å². The molecule has 0 unspecified atom stereocenters. The highest BCUT2D eigenvalue weighted by atomic mass is 35.5. The fraction of sp³-hybridized carbons (Fsp3) is 0.186. The standard InChI is InChI=1S/C24H20ClN5O.C23H17ClFN5O.C23H18ClN5O.C22H22N6O2.C21H22N6O/c1-14-12-26-22-20(14)23(28-13-27-22)29-15(2)19-11-16-7-6-10-18(25)21(16)24(31)30(19)17-8-4-3-5-9-17;1-13(29-22-20-17(25)11-26-21(20)27-12-28-22)18-10-14-6-5-9-16(24)19(14)23(31)30(18)15-7-3-2-4-8-15;1-14(28-22-17-10-11-25-21(17)26-13-27-22)19-12-15-6-5-9-18(24)20(15)23(30)29(19)16-7-3-2-4-8-16;1-11-5-4-6-14-9-16(28(15-7-8-15)22(30)17(11)14)12(2)25-20-18-19(13(3)29)26-27-21(18)24-10-23-20;1-11-5-4-6-14-9-16(27(15-7-8-15)21(28)17(11)14)12(2)24-19-18-13(3)25-26-20(18)23-10-22-19/h3-13,15H,1-2H3,(H2,26,27,28,29);2-13H,1H3,(H2,26,27,28,29);2-14H,1H3,(H2,25,26,27,28);4-6,9-10,12,15H,7-8H2,1-3H3,(H2,23,24,25,26,27);4-6,9-10,12,15H,7-8H2,1-3H3,(H2,22,23,24,25,26)/t15-;13-;14-;2*12-/m00000/s1. The lowest BCUT2D eigenvalue weighted by Gasteiger charge is -2.22. The number of carbonyl (C=O) groups is 1. The van der Waals surface area contributed by atoms with Gasteiger partial charge in [0.15, 0.2) is 22.9 Å². The quantitative estimate of drug-likeness (QED) is 0.0299. The van der Waals surface area contributed by atoms with E-state index in [-0.39, 0.29) is 81.3 Å². The van der Waals surface area contributed by atoms with Crippen LogP contribution in [0.2, 0.25) is 15.1 Å². The van der Waals surface area contributed by atoms with Gasteiger partial charge in [-0.2, -0.15) is 10.2 Å². The number of Topliss-reactive ketones (excluding diaryl/α,β-unsaturated/α-hetero) is 1. The van der Waals surface area contributed by atoms with E-state index in [9.17, 15) is 33.2 Å². The number of aryl methyl sites for hydroxylation is 4. The first kappa shape index (κ1) is 98.3. The van der Waals surface area contributed by atoms with Crippen LogP contribution < -0.4 is 54.4 Å². The number of aromatic amines is 5. The number of aromatic nitrogens is 22. The minimum Gasteiger partial charge on any atom is -0.361 e. The molecular formula is C113H99Cl3FN27O6. The van der Waals surface area contributed by atoms with Crippen molar-refractivity contribution in [1.82, 2.24) is 108 Å². The van der Waals surface area contributed by atoms with Gasteiger partial charge >= 0.3 is 0 Å². The summed E-state index contributed by atoms with van der Waals surface area (Å²) in [6.07, 6.45) is 16.4. The molecule has 2 aliphatic rings. The number of benzene rings is 8. The van der Waals surface area contributed by atoms with Gasteiger partial charge in [0.05, 0.1) is 99.1 Å². The third-order valence-electron chi connectivity index (χ3n) is 27.2. The smallest absolute Gasteiger partial charge is 0.264 e. The topological polar surface area (TPSA) is 421 Å². The maximum atomic E-state index is 14.3. The molecule has 2 fully saturated rings. The Kier molecular flexibility index (Phi) is 27.0. The Bertz CT molecular complexity index is 9300. The molecule has 2 aliphatic carbocycles. The summed E-state index contributed by atoms with van der Waals surface area (Å²) in [7, 11) is 0. The van der Waals surface area contributed by atoms with Crippen LogP contribution in [0.4, 0.5) is 33.5 Å². The van der Waals surface area contributed by atoms with Crippen molar-refractivity contribution in [3.63, 3.8) is 0 Å². The number of nitrogens with one attached hydrogen (secondary N) is 10. The number of hydrogen-bond acceptors (Lipinski definition) is 23. The zero-order valence-corrected chi connectivity index (χ0v) is 85.1. The number of carbonyl (C=O) groups excluding carboxylic acids is 1. The fourth-order valence-corrected chi connectivity index (χ4v) is 20.5. The Morgan fingerprint density at radius 1 is 0.347 bits per heavy atom. The van der Waals surface area contributed by atoms with Gasteiger partial charge in [0, 0.05) is 88.8 Å². The Labute approximate surface area is 869 Å². The van der Waals surface area contributed by atoms with Crippen molar-refractivity contribution in [2.75, 3.05) is 26.6 Å². The monoisotopic (exact) mass is 2050 g/mol. The van der Waals surface area contributed by atoms with Crippen LogP contribution in [0, 0.1) is 33.5 Å². The summed E-state index contributed by atoms with van der Waals surface area (Å²) in [5.74, 6) is 2.42. The first-order valence-corrected chi connectivity index (χ1v) is 50.1. The summed E-state index contributed by atoms with van der Waals surface area (Å²) in [6.45, 7) is 19.4. The molecule has 5 atom stereocenters. The second kappa shape index (κ2) is 41.3. The van der Waals surface area contributed by atoms with Crippen LogP contribution in [-0.2, 0) is 0 Å². The Balaban J connectivity index is 0.000000110. The van der Waals surface area contributed by atoms with Crippen molar-refractivity contribution in [3.8, 4) is 17.1 Å². The molecule has 23 aromatic rings. The number of fused-ring (bicyclic) bond motifs is 10. The fourth-order valence-electron chi connectivity index (χ4n) is 19.7. The van der Waals surface area contributed by atoms with Crippen LogP contribution >= 0.6 is 34.8 Å². The molecule has 15 heterocycles. The Morgan fingerprint density at radius 3 is 1.13 bits per heavy atom. The highest BCUT2D eigenvalue weighted by molar-refractivity contribution is 6.36. The van der Waals surface area contributed by atoms with E-state index in [2.05, 4.69) is 131 Å². The SMILES string of the molecule is CC(=O)c1[nH]nc2ncnc(N[C@@H](C)c3cc4cccc(C)c4c(=O)n3C3CC3)c12.C[C@H](Nc1ncnc2[nH]cc(F)c12)c1cc2cccc(Cl)c2c(=O)n1-c1ccccc1.C[C@H](Nc1ncnc2[nH]ccc12)c1cc2cccc(Cl)c2c(=O)n1-c1ccccc1.Cc1[nH]nc2ncnc(N[C@@H](C)c3cc4cccc(C)c4c(=O)n3C3CC3)c12.Cc1c[nH]c2ncnc(N[C@@H](C)c3cc4cccc(Cl)c4c(=O)n3-c3ccccc3)c12. The zero-order valence-electron chi connectivity index (χ0n) is 82.8. The molecule has 0 saturated heterocycles. The van der Waals surface area contributed by atoms with E-state index >= 15 is 0 Å². The summed E-state index contributed by atoms with van der Waals surface area (Å²) in [5.41, 5.74) is 13.4. The second-order valence-corrected chi connectivity index (χ2v) is 38.6. The van der Waals surface area contributed by atoms with Gasteiger partial charge in [0.1, 0.15) is 83.4 Å². The first-order chi connectivity index (χ1) is 72.7. The van der Waals surface area contributed by atoms with Gasteiger partial charge in [-0.05, 0) is 223 Å². The van der Waals surface area contributed by atoms with Crippen LogP contribution in [0.5, 0.6) is 0 Å². The zero-order chi connectivity index (χ0) is 104. The number of halogens is 4. The lowest BCUT2D eigenvalue weighted by Crippen LogP contribution is -2.26. The van der Waals surface area contributed by atoms with Gasteiger partial charge in [-0.3, -0.25) is 52.7 Å². The Hall–Kier alpha value is -17.8. The minimum absolute atomic E-state index is 0.0531. The van der Waals surface area contributed by atoms with Gasteiger partial charge in [-0.15, -0.1) is 0 Å². The van der Waals surface area contributed by atoms with Crippen LogP contribution in [0.3, 0.4) is 0 Å². The number of nitrogens with zero attached hydrogens (tertiary/aromatic N) is 17. The summed E-state index contributed by atoms with van der Waals surface area (Å²) in [4.78, 5) is 131. The van der Waals surface area contributed by atoms with Crippen LogP contribution in [0.15, 0.2) is 293 Å². The van der Waals surface area contributed by atoms with Gasteiger partial charge in [-0.25, -0.2) is 54.2 Å². The maximum absolute atomic E-state index is 14.3. The molecule has 33 nitrogen and oxygen atoms in total. The van der Waals surface area contributed by atoms with E-state index in [4.69, 9.17) is 34.8 Å². The van der Waals surface area contributed by atoms with Gasteiger partial charge in [0.2, 0.25) is 0 Å². The number of H-pyrrole nitrogens is 5. The third kappa shape index (κ3) is 19.0. The van der Waals surface area contributed by atoms with Crippen molar-refractivity contribution in [3.05, 3.63) is 398 Å². The molecule has 0 radical (unpaired) electrons.